The Hall–Kier alpha value is -9.75. The summed E-state index contributed by atoms with van der Waals surface area (Å²) in [4.78, 5) is 12.5. The number of fused-ring (bicyclic) bond motifs is 18. The molecular weight excluding hydrogens is 955 g/mol. The lowest BCUT2D eigenvalue weighted by Crippen LogP contribution is -2.32. The molecule has 0 atom stereocenters. The molecule has 6 heterocycles. The van der Waals surface area contributed by atoms with Gasteiger partial charge in [-0.3, -0.25) is 9.97 Å². The first-order valence-electron chi connectivity index (χ1n) is 26.3. The van der Waals surface area contributed by atoms with Crippen molar-refractivity contribution >= 4 is 77.2 Å². The number of hydrogen-bond donors (Lipinski definition) is 0. The van der Waals surface area contributed by atoms with Crippen molar-refractivity contribution in [2.24, 2.45) is 0 Å². The van der Waals surface area contributed by atoms with Crippen molar-refractivity contribution in [3.05, 3.63) is 283 Å². The van der Waals surface area contributed by atoms with Gasteiger partial charge in [-0.05, 0) is 154 Å². The number of rotatable bonds is 5. The van der Waals surface area contributed by atoms with E-state index in [9.17, 15) is 0 Å². The molecule has 0 unspecified atom stereocenters. The topological polar surface area (TPSA) is 40.6 Å². The molecule has 0 radical (unpaired) electrons. The number of nitrogens with zero attached hydrogens (tertiary/aromatic N) is 5. The quantitative estimate of drug-likeness (QED) is 0.172. The van der Waals surface area contributed by atoms with Crippen LogP contribution in [-0.2, 0) is 5.41 Å². The number of pyridine rings is 2. The lowest BCUT2D eigenvalue weighted by molar-refractivity contribution is 0.720. The molecular formula is C71H43N5S. The maximum atomic E-state index is 5.04. The van der Waals surface area contributed by atoms with E-state index >= 15 is 0 Å². The third kappa shape index (κ3) is 5.96. The van der Waals surface area contributed by atoms with Crippen molar-refractivity contribution < 1.29 is 0 Å². The maximum absolute atomic E-state index is 5.04. The number of hydrogen-bond acceptors (Lipinski definition) is 3. The summed E-state index contributed by atoms with van der Waals surface area (Å²) in [6, 6.07) is 91.7. The van der Waals surface area contributed by atoms with Gasteiger partial charge in [0.05, 0.1) is 49.9 Å². The first-order valence-corrected chi connectivity index (χ1v) is 27.1. The Bertz CT molecular complexity index is 4860. The van der Waals surface area contributed by atoms with Crippen LogP contribution in [0.1, 0.15) is 22.3 Å². The van der Waals surface area contributed by atoms with E-state index in [4.69, 9.17) is 9.97 Å². The third-order valence-corrected chi connectivity index (χ3v) is 17.7. The van der Waals surface area contributed by atoms with Crippen LogP contribution in [0.25, 0.3) is 116 Å². The molecule has 10 aromatic carbocycles. The number of aromatic nitrogens is 5. The van der Waals surface area contributed by atoms with Crippen molar-refractivity contribution in [1.29, 1.82) is 0 Å². The zero-order valence-electron chi connectivity index (χ0n) is 41.5. The molecule has 0 N–H and O–H groups in total. The monoisotopic (exact) mass is 997 g/mol. The highest BCUT2D eigenvalue weighted by atomic mass is 32.2. The van der Waals surface area contributed by atoms with E-state index in [1.54, 1.807) is 0 Å². The second kappa shape index (κ2) is 16.1. The van der Waals surface area contributed by atoms with Crippen LogP contribution in [-0.4, -0.2) is 23.7 Å². The fourth-order valence-corrected chi connectivity index (χ4v) is 14.6. The smallest absolute Gasteiger partial charge is 0.0937 e. The molecule has 0 amide bonds. The second-order valence-electron chi connectivity index (χ2n) is 20.5. The highest BCUT2D eigenvalue weighted by molar-refractivity contribution is 7.99. The van der Waals surface area contributed by atoms with Gasteiger partial charge in [0.25, 0.3) is 0 Å². The summed E-state index contributed by atoms with van der Waals surface area (Å²) in [6.07, 6.45) is 3.81. The minimum atomic E-state index is -0.609. The molecule has 0 fully saturated rings. The van der Waals surface area contributed by atoms with Gasteiger partial charge in [0.1, 0.15) is 0 Å². The van der Waals surface area contributed by atoms with Gasteiger partial charge in [0, 0.05) is 71.6 Å². The van der Waals surface area contributed by atoms with Crippen LogP contribution in [0, 0.1) is 0 Å². The van der Waals surface area contributed by atoms with Crippen LogP contribution in [0.5, 0.6) is 0 Å². The minimum Gasteiger partial charge on any atom is -0.309 e. The van der Waals surface area contributed by atoms with Crippen molar-refractivity contribution in [2.45, 2.75) is 15.2 Å². The molecule has 0 saturated carbocycles. The zero-order valence-corrected chi connectivity index (χ0v) is 42.3. The standard InChI is InChI=1S/C71H43N5S/c1-2-14-48(15-3-1)74-63-24-10-6-18-53(63)55-40-44(28-36-65(55)74)46-26-34-57-67(42-46)77-68-43-47(27-35-58(68)71(57)59-20-12-38-72-69(59)70-60(71)21-13-39-73-70)45-29-37-66-56(41-45)54-19-7-11-25-64(54)76(66)50-32-30-49(31-33-50)75-61-22-8-4-16-51(61)52-17-5-9-23-62(52)75/h1-43H. The van der Waals surface area contributed by atoms with Gasteiger partial charge in [0.15, 0.2) is 0 Å². The fourth-order valence-electron chi connectivity index (χ4n) is 13.4. The Kier molecular flexibility index (Phi) is 8.92. The predicted octanol–water partition coefficient (Wildman–Crippen LogP) is 17.9. The van der Waals surface area contributed by atoms with Crippen LogP contribution in [0.2, 0.25) is 0 Å². The summed E-state index contributed by atoms with van der Waals surface area (Å²) < 4.78 is 7.18. The fraction of sp³-hybridized carbons (Fsp3) is 0.0141. The van der Waals surface area contributed by atoms with E-state index in [0.29, 0.717) is 0 Å². The Balaban J connectivity index is 0.802. The highest BCUT2D eigenvalue weighted by Crippen LogP contribution is 2.62. The van der Waals surface area contributed by atoms with Gasteiger partial charge in [-0.15, -0.1) is 0 Å². The summed E-state index contributed by atoms with van der Waals surface area (Å²) in [5, 5.41) is 7.46. The second-order valence-corrected chi connectivity index (χ2v) is 21.5. The van der Waals surface area contributed by atoms with Crippen molar-refractivity contribution in [3.63, 3.8) is 0 Å². The molecule has 2 aliphatic rings. The molecule has 17 rings (SSSR count). The first kappa shape index (κ1) is 42.6. The van der Waals surface area contributed by atoms with Gasteiger partial charge in [-0.1, -0.05) is 151 Å². The number of para-hydroxylation sites is 5. The van der Waals surface area contributed by atoms with Crippen LogP contribution in [0.4, 0.5) is 0 Å². The molecule has 1 spiro atoms. The van der Waals surface area contributed by atoms with Crippen molar-refractivity contribution in [1.82, 2.24) is 23.7 Å². The van der Waals surface area contributed by atoms with E-state index in [0.717, 1.165) is 28.5 Å². The van der Waals surface area contributed by atoms with Gasteiger partial charge >= 0.3 is 0 Å². The summed E-state index contributed by atoms with van der Waals surface area (Å²) >= 11 is 1.88. The molecule has 77 heavy (non-hydrogen) atoms. The highest BCUT2D eigenvalue weighted by Gasteiger charge is 2.51. The Morgan fingerprint density at radius 3 is 1.06 bits per heavy atom. The van der Waals surface area contributed by atoms with E-state index in [1.807, 2.05) is 24.2 Å². The van der Waals surface area contributed by atoms with Crippen LogP contribution >= 0.6 is 11.8 Å². The summed E-state index contributed by atoms with van der Waals surface area (Å²) in [5.74, 6) is 0. The van der Waals surface area contributed by atoms with Crippen molar-refractivity contribution in [3.8, 4) is 50.7 Å². The average Bonchev–Trinajstić information content (AvgIpc) is 4.32. The van der Waals surface area contributed by atoms with Crippen molar-refractivity contribution in [2.75, 3.05) is 0 Å². The predicted molar refractivity (Wildman–Crippen MR) is 317 cm³/mol. The molecule has 5 aromatic heterocycles. The Morgan fingerprint density at radius 2 is 0.623 bits per heavy atom. The molecule has 0 saturated heterocycles. The lowest BCUT2D eigenvalue weighted by atomic mass is 9.67. The van der Waals surface area contributed by atoms with E-state index in [1.165, 1.54) is 120 Å². The molecule has 358 valence electrons. The molecule has 6 heteroatoms. The summed E-state index contributed by atoms with van der Waals surface area (Å²) in [6.45, 7) is 0. The Labute approximate surface area is 447 Å². The average molecular weight is 998 g/mol. The normalized spacial score (nSPS) is 13.2. The molecule has 1 aliphatic heterocycles. The maximum Gasteiger partial charge on any atom is 0.0937 e. The molecule has 15 aromatic rings. The van der Waals surface area contributed by atoms with Crippen LogP contribution in [0.15, 0.2) is 271 Å². The van der Waals surface area contributed by atoms with Crippen LogP contribution in [0.3, 0.4) is 0 Å². The lowest BCUT2D eigenvalue weighted by Gasteiger charge is -2.39. The van der Waals surface area contributed by atoms with E-state index in [-0.39, 0.29) is 0 Å². The summed E-state index contributed by atoms with van der Waals surface area (Å²) in [5.41, 5.74) is 21.5. The summed E-state index contributed by atoms with van der Waals surface area (Å²) in [7, 11) is 0. The largest absolute Gasteiger partial charge is 0.309 e. The first-order chi connectivity index (χ1) is 38.2. The van der Waals surface area contributed by atoms with Gasteiger partial charge < -0.3 is 13.7 Å². The van der Waals surface area contributed by atoms with Gasteiger partial charge in [0.2, 0.25) is 0 Å². The van der Waals surface area contributed by atoms with Gasteiger partial charge in [-0.2, -0.15) is 0 Å². The molecule has 1 aliphatic carbocycles. The van der Waals surface area contributed by atoms with E-state index < -0.39 is 5.41 Å². The third-order valence-electron chi connectivity index (χ3n) is 16.6. The molecule has 0 bridgehead atoms. The molecule has 5 nitrogen and oxygen atoms in total. The van der Waals surface area contributed by atoms with Gasteiger partial charge in [-0.25, -0.2) is 0 Å². The van der Waals surface area contributed by atoms with Crippen LogP contribution < -0.4 is 0 Å². The zero-order chi connectivity index (χ0) is 50.3. The number of benzene rings is 10. The van der Waals surface area contributed by atoms with E-state index in [2.05, 4.69) is 262 Å². The minimum absolute atomic E-state index is 0.609. The Morgan fingerprint density at radius 1 is 0.273 bits per heavy atom. The SMILES string of the molecule is c1ccc(-n2c3ccccc3c3cc(-c4ccc5c(c4)Sc4cc(-c6ccc7c(c6)c6ccccc6n7-c6ccc(-n7c8ccccc8c8ccccc87)cc6)ccc4C54c5cccnc5-c5ncccc54)ccc32)cc1.